The monoisotopic (exact) mass is 404 g/mol. The number of halogens is 1. The molecule has 28 heavy (non-hydrogen) atoms. The molecule has 5 nitrogen and oxygen atoms in total. The minimum atomic E-state index is -3.74. The van der Waals surface area contributed by atoms with Gasteiger partial charge in [0.2, 0.25) is 15.9 Å². The van der Waals surface area contributed by atoms with E-state index in [1.54, 1.807) is 11.9 Å². The summed E-state index contributed by atoms with van der Waals surface area (Å²) in [5, 5.41) is 0. The third-order valence-electron chi connectivity index (χ3n) is 5.23. The van der Waals surface area contributed by atoms with Crippen LogP contribution in [0, 0.1) is 18.7 Å². The number of hydrogen-bond donors (Lipinski definition) is 0. The van der Waals surface area contributed by atoms with Crippen molar-refractivity contribution in [3.63, 3.8) is 0 Å². The first-order valence-corrected chi connectivity index (χ1v) is 10.8. The molecule has 0 aliphatic carbocycles. The van der Waals surface area contributed by atoms with Crippen molar-refractivity contribution in [2.75, 3.05) is 20.1 Å². The van der Waals surface area contributed by atoms with E-state index in [0.717, 1.165) is 23.3 Å². The second kappa shape index (κ2) is 8.41. The van der Waals surface area contributed by atoms with Gasteiger partial charge in [0.15, 0.2) is 0 Å². The van der Waals surface area contributed by atoms with Crippen LogP contribution < -0.4 is 0 Å². The zero-order valence-electron chi connectivity index (χ0n) is 16.1. The summed E-state index contributed by atoms with van der Waals surface area (Å²) in [4.78, 5) is 14.6. The summed E-state index contributed by atoms with van der Waals surface area (Å²) >= 11 is 0. The zero-order chi connectivity index (χ0) is 20.3. The molecule has 1 aliphatic rings. The van der Waals surface area contributed by atoms with Gasteiger partial charge in [-0.3, -0.25) is 4.79 Å². The largest absolute Gasteiger partial charge is 0.341 e. The predicted molar refractivity (Wildman–Crippen MR) is 106 cm³/mol. The Morgan fingerprint density at radius 2 is 1.86 bits per heavy atom. The summed E-state index contributed by atoms with van der Waals surface area (Å²) in [7, 11) is -1.99. The molecule has 3 rings (SSSR count). The number of carbonyl (C=O) groups excluding carboxylic acids is 1. The summed E-state index contributed by atoms with van der Waals surface area (Å²) in [5.74, 6) is -0.913. The third-order valence-corrected chi connectivity index (χ3v) is 7.11. The molecule has 1 fully saturated rings. The molecule has 1 heterocycles. The minimum absolute atomic E-state index is 0.0512. The van der Waals surface area contributed by atoms with Gasteiger partial charge in [0, 0.05) is 26.7 Å². The van der Waals surface area contributed by atoms with Gasteiger partial charge in [-0.15, -0.1) is 0 Å². The molecule has 7 heteroatoms. The second-order valence-corrected chi connectivity index (χ2v) is 9.21. The Morgan fingerprint density at radius 1 is 1.18 bits per heavy atom. The lowest BCUT2D eigenvalue weighted by atomic mass is 9.98. The van der Waals surface area contributed by atoms with Crippen LogP contribution in [0.1, 0.15) is 24.0 Å². The summed E-state index contributed by atoms with van der Waals surface area (Å²) in [6.45, 7) is 3.01. The van der Waals surface area contributed by atoms with E-state index >= 15 is 0 Å². The molecule has 1 amide bonds. The van der Waals surface area contributed by atoms with Crippen molar-refractivity contribution < 1.29 is 17.6 Å². The van der Waals surface area contributed by atoms with Gasteiger partial charge >= 0.3 is 0 Å². The normalized spacial score (nSPS) is 18.0. The van der Waals surface area contributed by atoms with Crippen LogP contribution in [0.25, 0.3) is 0 Å². The molecule has 0 N–H and O–H groups in total. The molecule has 0 saturated carbocycles. The van der Waals surface area contributed by atoms with Crippen LogP contribution in [0.5, 0.6) is 0 Å². The van der Waals surface area contributed by atoms with Crippen molar-refractivity contribution in [3.05, 3.63) is 65.5 Å². The Kier molecular flexibility index (Phi) is 6.15. The highest BCUT2D eigenvalue weighted by atomic mass is 32.2. The third kappa shape index (κ3) is 4.42. The molecule has 1 aliphatic heterocycles. The van der Waals surface area contributed by atoms with E-state index in [1.807, 2.05) is 31.2 Å². The molecule has 0 radical (unpaired) electrons. The van der Waals surface area contributed by atoms with Gasteiger partial charge in [-0.1, -0.05) is 24.3 Å². The van der Waals surface area contributed by atoms with Crippen LogP contribution in [0.3, 0.4) is 0 Å². The van der Waals surface area contributed by atoms with Crippen molar-refractivity contribution in [1.29, 1.82) is 0 Å². The van der Waals surface area contributed by atoms with E-state index < -0.39 is 15.8 Å². The van der Waals surface area contributed by atoms with E-state index in [0.29, 0.717) is 25.9 Å². The molecule has 0 bridgehead atoms. The van der Waals surface area contributed by atoms with E-state index in [-0.39, 0.29) is 23.3 Å². The zero-order valence-corrected chi connectivity index (χ0v) is 17.0. The van der Waals surface area contributed by atoms with Gasteiger partial charge in [-0.2, -0.15) is 4.31 Å². The molecule has 2 aromatic carbocycles. The molecule has 0 spiro atoms. The average molecular weight is 405 g/mol. The van der Waals surface area contributed by atoms with E-state index in [4.69, 9.17) is 0 Å². The quantitative estimate of drug-likeness (QED) is 0.769. The van der Waals surface area contributed by atoms with Crippen LogP contribution >= 0.6 is 0 Å². The standard InChI is InChI=1S/C21H25FN2O3S/c1-16-6-3-4-7-17(16)14-23(2)21(25)18-8-5-13-24(15-18)28(26,27)20-11-9-19(22)10-12-20/h3-4,6-7,9-12,18H,5,8,13-15H2,1-2H3. The van der Waals surface area contributed by atoms with Crippen LogP contribution in [-0.2, 0) is 21.4 Å². The lowest BCUT2D eigenvalue weighted by Gasteiger charge is -2.33. The first-order valence-electron chi connectivity index (χ1n) is 9.34. The summed E-state index contributed by atoms with van der Waals surface area (Å²) in [5.41, 5.74) is 2.19. The van der Waals surface area contributed by atoms with Crippen molar-refractivity contribution >= 4 is 15.9 Å². The average Bonchev–Trinajstić information content (AvgIpc) is 2.69. The van der Waals surface area contributed by atoms with Gasteiger partial charge in [-0.25, -0.2) is 12.8 Å². The lowest BCUT2D eigenvalue weighted by molar-refractivity contribution is -0.135. The molecule has 2 aromatic rings. The molecule has 1 unspecified atom stereocenters. The van der Waals surface area contributed by atoms with E-state index in [2.05, 4.69) is 0 Å². The number of amides is 1. The highest BCUT2D eigenvalue weighted by molar-refractivity contribution is 7.89. The molecular formula is C21H25FN2O3S. The number of hydrogen-bond acceptors (Lipinski definition) is 3. The maximum Gasteiger partial charge on any atom is 0.243 e. The highest BCUT2D eigenvalue weighted by Crippen LogP contribution is 2.25. The molecule has 150 valence electrons. The maximum atomic E-state index is 13.1. The molecule has 1 saturated heterocycles. The van der Waals surface area contributed by atoms with Crippen LogP contribution in [-0.4, -0.2) is 43.7 Å². The lowest BCUT2D eigenvalue weighted by Crippen LogP contribution is -2.45. The Balaban J connectivity index is 1.71. The summed E-state index contributed by atoms with van der Waals surface area (Å²) < 4.78 is 40.2. The Labute approximate surface area is 165 Å². The van der Waals surface area contributed by atoms with Gasteiger partial charge in [0.25, 0.3) is 0 Å². The smallest absolute Gasteiger partial charge is 0.243 e. The van der Waals surface area contributed by atoms with E-state index in [1.165, 1.54) is 16.4 Å². The van der Waals surface area contributed by atoms with Gasteiger partial charge in [0.1, 0.15) is 5.82 Å². The van der Waals surface area contributed by atoms with Gasteiger partial charge in [0.05, 0.1) is 10.8 Å². The summed E-state index contributed by atoms with van der Waals surface area (Å²) in [6, 6.07) is 12.7. The van der Waals surface area contributed by atoms with Crippen LogP contribution in [0.2, 0.25) is 0 Å². The molecule has 0 aromatic heterocycles. The molecule has 1 atom stereocenters. The van der Waals surface area contributed by atoms with Crippen LogP contribution in [0.4, 0.5) is 4.39 Å². The number of nitrogens with zero attached hydrogens (tertiary/aromatic N) is 2. The molecular weight excluding hydrogens is 379 g/mol. The number of sulfonamides is 1. The Morgan fingerprint density at radius 3 is 2.54 bits per heavy atom. The number of benzene rings is 2. The first-order chi connectivity index (χ1) is 13.3. The number of aryl methyl sites for hydroxylation is 1. The minimum Gasteiger partial charge on any atom is -0.341 e. The SMILES string of the molecule is Cc1ccccc1CN(C)C(=O)C1CCCN(S(=O)(=O)c2ccc(F)cc2)C1. The van der Waals surface area contributed by atoms with Crippen molar-refractivity contribution in [2.24, 2.45) is 5.92 Å². The van der Waals surface area contributed by atoms with Crippen molar-refractivity contribution in [3.8, 4) is 0 Å². The summed E-state index contributed by atoms with van der Waals surface area (Å²) in [6.07, 6.45) is 1.28. The fraction of sp³-hybridized carbons (Fsp3) is 0.381. The van der Waals surface area contributed by atoms with Gasteiger partial charge in [-0.05, 0) is 55.2 Å². The highest BCUT2D eigenvalue weighted by Gasteiger charge is 2.34. The van der Waals surface area contributed by atoms with Crippen molar-refractivity contribution in [2.45, 2.75) is 31.2 Å². The topological polar surface area (TPSA) is 57.7 Å². The van der Waals surface area contributed by atoms with Crippen LogP contribution in [0.15, 0.2) is 53.4 Å². The fourth-order valence-electron chi connectivity index (χ4n) is 3.55. The Hall–Kier alpha value is -2.25. The van der Waals surface area contributed by atoms with E-state index in [9.17, 15) is 17.6 Å². The predicted octanol–water partition coefficient (Wildman–Crippen LogP) is 3.19. The number of rotatable bonds is 5. The van der Waals surface area contributed by atoms with Crippen molar-refractivity contribution in [1.82, 2.24) is 9.21 Å². The fourth-order valence-corrected chi connectivity index (χ4v) is 5.07. The number of carbonyl (C=O) groups is 1. The van der Waals surface area contributed by atoms with Gasteiger partial charge < -0.3 is 4.90 Å². The number of piperidine rings is 1. The maximum absolute atomic E-state index is 13.1. The Bertz CT molecular complexity index is 944. The first kappa shape index (κ1) is 20.5. The second-order valence-electron chi connectivity index (χ2n) is 7.28.